The fraction of sp³-hybridized carbons (Fsp3) is 0.154. The van der Waals surface area contributed by atoms with E-state index >= 15 is 0 Å². The molecule has 162 valence electrons. The molecule has 1 saturated heterocycles. The summed E-state index contributed by atoms with van der Waals surface area (Å²) in [5.41, 5.74) is 5.17. The summed E-state index contributed by atoms with van der Waals surface area (Å²) in [7, 11) is 1.63. The van der Waals surface area contributed by atoms with Gasteiger partial charge in [0, 0.05) is 5.56 Å². The average Bonchev–Trinajstić information content (AvgIpc) is 3.08. The number of nitrogens with zero attached hydrogens (tertiary/aromatic N) is 1. The van der Waals surface area contributed by atoms with Gasteiger partial charge >= 0.3 is 0 Å². The predicted molar refractivity (Wildman–Crippen MR) is 131 cm³/mol. The van der Waals surface area contributed by atoms with Crippen LogP contribution in [0, 0.1) is 13.8 Å². The summed E-state index contributed by atoms with van der Waals surface area (Å²) in [6.07, 6.45) is 1.79. The molecule has 3 aromatic carbocycles. The Labute approximate surface area is 193 Å². The van der Waals surface area contributed by atoms with Crippen molar-refractivity contribution in [1.29, 1.82) is 0 Å². The quantitative estimate of drug-likeness (QED) is 0.421. The van der Waals surface area contributed by atoms with E-state index in [4.69, 9.17) is 21.7 Å². The molecular formula is C26H24N2O3S. The molecule has 1 fully saturated rings. The van der Waals surface area contributed by atoms with E-state index in [1.807, 2.05) is 67.6 Å². The first-order valence-corrected chi connectivity index (χ1v) is 10.7. The summed E-state index contributed by atoms with van der Waals surface area (Å²) in [6.45, 7) is 4.45. The Kier molecular flexibility index (Phi) is 6.23. The van der Waals surface area contributed by atoms with Crippen molar-refractivity contribution in [3.8, 4) is 11.5 Å². The molecule has 0 unspecified atom stereocenters. The zero-order valence-electron chi connectivity index (χ0n) is 18.2. The van der Waals surface area contributed by atoms with Gasteiger partial charge in [-0.15, -0.1) is 0 Å². The number of carbonyl (C=O) groups excluding carboxylic acids is 1. The van der Waals surface area contributed by atoms with E-state index in [0.717, 1.165) is 33.9 Å². The zero-order chi connectivity index (χ0) is 22.7. The van der Waals surface area contributed by atoms with Crippen molar-refractivity contribution < 1.29 is 14.3 Å². The molecule has 1 aliphatic rings. The maximum atomic E-state index is 13.0. The summed E-state index contributed by atoms with van der Waals surface area (Å²) >= 11 is 5.39. The number of aryl methyl sites for hydroxylation is 1. The van der Waals surface area contributed by atoms with Crippen LogP contribution in [0.4, 0.5) is 5.69 Å². The smallest absolute Gasteiger partial charge is 0.281 e. The Morgan fingerprint density at radius 1 is 1.00 bits per heavy atom. The van der Waals surface area contributed by atoms with Gasteiger partial charge in [0.15, 0.2) is 5.11 Å². The van der Waals surface area contributed by atoms with Crippen molar-refractivity contribution >= 4 is 35.0 Å². The lowest BCUT2D eigenvalue weighted by Gasteiger charge is -2.14. The second-order valence-electron chi connectivity index (χ2n) is 7.52. The molecule has 32 heavy (non-hydrogen) atoms. The van der Waals surface area contributed by atoms with Crippen LogP contribution in [0.15, 0.2) is 72.4 Å². The second kappa shape index (κ2) is 9.24. The predicted octanol–water partition coefficient (Wildman–Crippen LogP) is 5.15. The Balaban J connectivity index is 1.58. The highest BCUT2D eigenvalue weighted by molar-refractivity contribution is 7.80. The standard InChI is InChI=1S/C26H24N2O3S/c1-17-8-7-11-23(18(17)2)31-16-20-14-19(12-13-24(20)30-3)15-22-25(29)28(26(32)27-22)21-9-5-4-6-10-21/h4-15H,16H2,1-3H3,(H,27,32)/b22-15+. The summed E-state index contributed by atoms with van der Waals surface area (Å²) in [4.78, 5) is 14.5. The number of hydrogen-bond donors (Lipinski definition) is 1. The average molecular weight is 445 g/mol. The third-order valence-electron chi connectivity index (χ3n) is 5.45. The Morgan fingerprint density at radius 3 is 2.53 bits per heavy atom. The molecule has 1 N–H and O–H groups in total. The summed E-state index contributed by atoms with van der Waals surface area (Å²) in [6, 6.07) is 21.1. The molecule has 6 heteroatoms. The van der Waals surface area contributed by atoms with Crippen LogP contribution in [-0.2, 0) is 11.4 Å². The van der Waals surface area contributed by atoms with Crippen LogP contribution < -0.4 is 19.7 Å². The number of rotatable bonds is 6. The molecule has 0 atom stereocenters. The molecule has 3 aromatic rings. The molecule has 0 aliphatic carbocycles. The maximum absolute atomic E-state index is 13.0. The van der Waals surface area contributed by atoms with E-state index in [0.29, 0.717) is 17.4 Å². The van der Waals surface area contributed by atoms with E-state index < -0.39 is 0 Å². The number of hydrogen-bond acceptors (Lipinski definition) is 4. The number of ether oxygens (including phenoxy) is 2. The molecule has 0 saturated carbocycles. The van der Waals surface area contributed by atoms with E-state index in [1.165, 1.54) is 10.5 Å². The third-order valence-corrected chi connectivity index (χ3v) is 5.73. The summed E-state index contributed by atoms with van der Waals surface area (Å²) in [5.74, 6) is 1.38. The first-order valence-electron chi connectivity index (χ1n) is 10.3. The van der Waals surface area contributed by atoms with Gasteiger partial charge in [0.05, 0.1) is 12.8 Å². The van der Waals surface area contributed by atoms with Gasteiger partial charge in [0.25, 0.3) is 5.91 Å². The van der Waals surface area contributed by atoms with Gasteiger partial charge in [-0.05, 0) is 79.2 Å². The van der Waals surface area contributed by atoms with Gasteiger partial charge in [-0.2, -0.15) is 0 Å². The van der Waals surface area contributed by atoms with Crippen molar-refractivity contribution in [2.45, 2.75) is 20.5 Å². The van der Waals surface area contributed by atoms with Gasteiger partial charge in [0.1, 0.15) is 23.8 Å². The van der Waals surface area contributed by atoms with Crippen molar-refractivity contribution in [1.82, 2.24) is 5.32 Å². The first-order chi connectivity index (χ1) is 15.5. The van der Waals surface area contributed by atoms with Gasteiger partial charge in [-0.25, -0.2) is 0 Å². The molecule has 0 radical (unpaired) electrons. The fourth-order valence-corrected chi connectivity index (χ4v) is 3.85. The van der Waals surface area contributed by atoms with E-state index in [2.05, 4.69) is 18.3 Å². The molecule has 0 spiro atoms. The largest absolute Gasteiger partial charge is 0.496 e. The molecular weight excluding hydrogens is 420 g/mol. The van der Waals surface area contributed by atoms with Crippen molar-refractivity contribution in [2.75, 3.05) is 12.0 Å². The highest BCUT2D eigenvalue weighted by Crippen LogP contribution is 2.27. The molecule has 1 amide bonds. The highest BCUT2D eigenvalue weighted by Gasteiger charge is 2.31. The van der Waals surface area contributed by atoms with Gasteiger partial charge in [-0.3, -0.25) is 9.69 Å². The number of amides is 1. The van der Waals surface area contributed by atoms with E-state index in [9.17, 15) is 4.79 Å². The number of benzene rings is 3. The molecule has 5 nitrogen and oxygen atoms in total. The normalized spacial score (nSPS) is 14.6. The van der Waals surface area contributed by atoms with Crippen LogP contribution in [-0.4, -0.2) is 18.1 Å². The Bertz CT molecular complexity index is 1200. The van der Waals surface area contributed by atoms with Crippen LogP contribution in [0.25, 0.3) is 6.08 Å². The van der Waals surface area contributed by atoms with Crippen LogP contribution in [0.1, 0.15) is 22.3 Å². The number of thiocarbonyl (C=S) groups is 1. The Morgan fingerprint density at radius 2 is 1.78 bits per heavy atom. The molecule has 4 rings (SSSR count). The lowest BCUT2D eigenvalue weighted by atomic mass is 10.1. The van der Waals surface area contributed by atoms with Crippen LogP contribution in [0.5, 0.6) is 11.5 Å². The van der Waals surface area contributed by atoms with E-state index in [-0.39, 0.29) is 5.91 Å². The lowest BCUT2D eigenvalue weighted by Crippen LogP contribution is -2.30. The molecule has 1 heterocycles. The number of para-hydroxylation sites is 1. The number of carbonyl (C=O) groups is 1. The van der Waals surface area contributed by atoms with Crippen molar-refractivity contribution in [3.05, 3.63) is 94.7 Å². The van der Waals surface area contributed by atoms with Gasteiger partial charge < -0.3 is 14.8 Å². The van der Waals surface area contributed by atoms with Gasteiger partial charge in [-0.1, -0.05) is 36.4 Å². The number of anilines is 1. The fourth-order valence-electron chi connectivity index (χ4n) is 3.55. The van der Waals surface area contributed by atoms with Crippen molar-refractivity contribution in [2.24, 2.45) is 0 Å². The second-order valence-corrected chi connectivity index (χ2v) is 7.91. The number of methoxy groups -OCH3 is 1. The summed E-state index contributed by atoms with van der Waals surface area (Å²) < 4.78 is 11.6. The molecule has 0 bridgehead atoms. The van der Waals surface area contributed by atoms with Crippen LogP contribution in [0.2, 0.25) is 0 Å². The topological polar surface area (TPSA) is 50.8 Å². The third kappa shape index (κ3) is 4.36. The zero-order valence-corrected chi connectivity index (χ0v) is 19.0. The van der Waals surface area contributed by atoms with Crippen LogP contribution in [0.3, 0.4) is 0 Å². The highest BCUT2D eigenvalue weighted by atomic mass is 32.1. The van der Waals surface area contributed by atoms with Crippen LogP contribution >= 0.6 is 12.2 Å². The molecule has 0 aromatic heterocycles. The lowest BCUT2D eigenvalue weighted by molar-refractivity contribution is -0.113. The van der Waals surface area contributed by atoms with Crippen molar-refractivity contribution in [3.63, 3.8) is 0 Å². The molecule has 1 aliphatic heterocycles. The monoisotopic (exact) mass is 444 g/mol. The minimum atomic E-state index is -0.190. The minimum absolute atomic E-state index is 0.190. The SMILES string of the molecule is COc1ccc(/C=C2/NC(=S)N(c3ccccc3)C2=O)cc1COc1cccc(C)c1C. The van der Waals surface area contributed by atoms with E-state index in [1.54, 1.807) is 13.2 Å². The van der Waals surface area contributed by atoms with Gasteiger partial charge in [0.2, 0.25) is 0 Å². The first kappa shape index (κ1) is 21.6. The summed E-state index contributed by atoms with van der Waals surface area (Å²) in [5, 5.41) is 3.39. The number of nitrogens with one attached hydrogen (secondary N) is 1. The maximum Gasteiger partial charge on any atom is 0.281 e. The Hall–Kier alpha value is -3.64. The minimum Gasteiger partial charge on any atom is -0.496 e.